The third kappa shape index (κ3) is 3.09. The Balaban J connectivity index is 1.28. The fourth-order valence-corrected chi connectivity index (χ4v) is 7.82. The standard InChI is InChI=1S/C26H34N2O2/c1-25-13-11-19(28-30-20-6-3-17(16-27)4-7-20)15-18(25)5-8-21-22-9-10-24(29)26(22,2)14-12-23(21)25/h3-4,6-7,18,21-24,29H,5,8-15H2,1-2H3/b28-19-/t18-,21-,22-,23-,24-,25-,26-/m0/s1. The number of hydrogen-bond acceptors (Lipinski definition) is 4. The summed E-state index contributed by atoms with van der Waals surface area (Å²) >= 11 is 0. The quantitative estimate of drug-likeness (QED) is 0.641. The van der Waals surface area contributed by atoms with Crippen molar-refractivity contribution in [2.45, 2.75) is 77.7 Å². The number of aliphatic hydroxyl groups is 1. The van der Waals surface area contributed by atoms with Gasteiger partial charge in [-0.05, 0) is 117 Å². The smallest absolute Gasteiger partial charge is 0.158 e. The first kappa shape index (κ1) is 20.1. The van der Waals surface area contributed by atoms with Crippen LogP contribution in [0.5, 0.6) is 5.75 Å². The second-order valence-corrected chi connectivity index (χ2v) is 10.9. The Bertz CT molecular complexity index is 872. The van der Waals surface area contributed by atoms with E-state index in [9.17, 15) is 5.11 Å². The van der Waals surface area contributed by atoms with Gasteiger partial charge in [0.25, 0.3) is 0 Å². The van der Waals surface area contributed by atoms with Crippen molar-refractivity contribution in [2.75, 3.05) is 0 Å². The molecular formula is C26H34N2O2. The maximum Gasteiger partial charge on any atom is 0.158 e. The molecule has 0 unspecified atom stereocenters. The molecule has 0 amide bonds. The Morgan fingerprint density at radius 3 is 2.53 bits per heavy atom. The predicted octanol–water partition coefficient (Wildman–Crippen LogP) is 5.70. The zero-order valence-corrected chi connectivity index (χ0v) is 18.3. The second-order valence-electron chi connectivity index (χ2n) is 10.9. The molecule has 1 N–H and O–H groups in total. The number of hydrogen-bond donors (Lipinski definition) is 1. The van der Waals surface area contributed by atoms with Gasteiger partial charge in [-0.25, -0.2) is 0 Å². The van der Waals surface area contributed by atoms with Gasteiger partial charge in [-0.3, -0.25) is 0 Å². The SMILES string of the molecule is C[C@]12CC/C(=N/Oc3ccc(C#N)cc3)C[C@@H]1CC[C@@H]1[C@@H]2CC[C@]2(C)[C@@H](O)CC[C@@H]12. The highest BCUT2D eigenvalue weighted by atomic mass is 16.6. The van der Waals surface area contributed by atoms with E-state index in [2.05, 4.69) is 25.1 Å². The lowest BCUT2D eigenvalue weighted by molar-refractivity contribution is -0.112. The Labute approximate surface area is 180 Å². The van der Waals surface area contributed by atoms with E-state index in [4.69, 9.17) is 10.1 Å². The Kier molecular flexibility index (Phi) is 4.93. The van der Waals surface area contributed by atoms with Gasteiger partial charge in [-0.15, -0.1) is 0 Å². The maximum absolute atomic E-state index is 10.6. The molecule has 4 saturated carbocycles. The Hall–Kier alpha value is -1.86. The normalized spacial score (nSPS) is 43.9. The van der Waals surface area contributed by atoms with E-state index in [0.717, 1.165) is 37.0 Å². The van der Waals surface area contributed by atoms with Crippen LogP contribution in [0.25, 0.3) is 0 Å². The molecule has 0 heterocycles. The van der Waals surface area contributed by atoms with Gasteiger partial charge >= 0.3 is 0 Å². The predicted molar refractivity (Wildman–Crippen MR) is 117 cm³/mol. The summed E-state index contributed by atoms with van der Waals surface area (Å²) in [6.07, 6.45) is 10.5. The molecule has 0 spiro atoms. The summed E-state index contributed by atoms with van der Waals surface area (Å²) in [5.41, 5.74) is 2.40. The lowest BCUT2D eigenvalue weighted by Crippen LogP contribution is -2.54. The zero-order chi connectivity index (χ0) is 20.9. The molecule has 4 heteroatoms. The summed E-state index contributed by atoms with van der Waals surface area (Å²) in [4.78, 5) is 5.70. The minimum Gasteiger partial charge on any atom is -0.393 e. The van der Waals surface area contributed by atoms with Crippen LogP contribution in [0.4, 0.5) is 0 Å². The van der Waals surface area contributed by atoms with E-state index in [1.807, 2.05) is 12.1 Å². The number of benzene rings is 1. The topological polar surface area (TPSA) is 65.6 Å². The van der Waals surface area contributed by atoms with E-state index in [-0.39, 0.29) is 11.5 Å². The van der Waals surface area contributed by atoms with Crippen LogP contribution in [0, 0.1) is 45.8 Å². The average molecular weight is 407 g/mol. The first-order valence-electron chi connectivity index (χ1n) is 11.8. The fourth-order valence-electron chi connectivity index (χ4n) is 7.82. The van der Waals surface area contributed by atoms with E-state index >= 15 is 0 Å². The first-order chi connectivity index (χ1) is 14.4. The van der Waals surface area contributed by atoms with Crippen LogP contribution in [-0.4, -0.2) is 16.9 Å². The van der Waals surface area contributed by atoms with E-state index in [1.165, 1.54) is 44.2 Å². The molecule has 7 atom stereocenters. The van der Waals surface area contributed by atoms with Gasteiger partial charge in [0.15, 0.2) is 5.75 Å². The molecule has 5 rings (SSSR count). The van der Waals surface area contributed by atoms with Crippen molar-refractivity contribution in [1.29, 1.82) is 5.26 Å². The van der Waals surface area contributed by atoms with Crippen LogP contribution in [0.2, 0.25) is 0 Å². The van der Waals surface area contributed by atoms with Gasteiger partial charge in [0.1, 0.15) is 0 Å². The molecule has 4 fully saturated rings. The first-order valence-corrected chi connectivity index (χ1v) is 11.8. The Morgan fingerprint density at radius 2 is 1.77 bits per heavy atom. The minimum absolute atomic E-state index is 0.0848. The largest absolute Gasteiger partial charge is 0.393 e. The highest BCUT2D eigenvalue weighted by Crippen LogP contribution is 2.65. The number of nitrogens with zero attached hydrogens (tertiary/aromatic N) is 2. The highest BCUT2D eigenvalue weighted by molar-refractivity contribution is 5.85. The molecule has 0 radical (unpaired) electrons. The minimum atomic E-state index is -0.0848. The van der Waals surface area contributed by atoms with E-state index < -0.39 is 0 Å². The molecule has 4 nitrogen and oxygen atoms in total. The van der Waals surface area contributed by atoms with Crippen molar-refractivity contribution in [3.8, 4) is 11.8 Å². The van der Waals surface area contributed by atoms with Crippen LogP contribution in [0.15, 0.2) is 29.4 Å². The average Bonchev–Trinajstić information content (AvgIpc) is 3.07. The molecule has 0 bridgehead atoms. The van der Waals surface area contributed by atoms with Gasteiger partial charge < -0.3 is 9.94 Å². The van der Waals surface area contributed by atoms with Crippen LogP contribution < -0.4 is 4.84 Å². The zero-order valence-electron chi connectivity index (χ0n) is 18.3. The Morgan fingerprint density at radius 1 is 1.00 bits per heavy atom. The van der Waals surface area contributed by atoms with Crippen molar-refractivity contribution in [3.63, 3.8) is 0 Å². The van der Waals surface area contributed by atoms with Crippen molar-refractivity contribution < 1.29 is 9.94 Å². The van der Waals surface area contributed by atoms with E-state index in [0.29, 0.717) is 22.6 Å². The summed E-state index contributed by atoms with van der Waals surface area (Å²) in [5.74, 6) is 3.73. The van der Waals surface area contributed by atoms with Crippen molar-refractivity contribution >= 4 is 5.71 Å². The van der Waals surface area contributed by atoms with Gasteiger partial charge in [-0.2, -0.15) is 5.26 Å². The van der Waals surface area contributed by atoms with Crippen LogP contribution >= 0.6 is 0 Å². The number of fused-ring (bicyclic) bond motifs is 5. The number of oxime groups is 1. The highest BCUT2D eigenvalue weighted by Gasteiger charge is 2.59. The van der Waals surface area contributed by atoms with Crippen LogP contribution in [-0.2, 0) is 0 Å². The van der Waals surface area contributed by atoms with E-state index in [1.54, 1.807) is 12.1 Å². The van der Waals surface area contributed by atoms with Crippen LogP contribution in [0.1, 0.15) is 77.2 Å². The van der Waals surface area contributed by atoms with Crippen LogP contribution in [0.3, 0.4) is 0 Å². The number of nitriles is 1. The van der Waals surface area contributed by atoms with Crippen molar-refractivity contribution in [2.24, 2.45) is 39.7 Å². The second kappa shape index (κ2) is 7.38. The molecule has 160 valence electrons. The fraction of sp³-hybridized carbons (Fsp3) is 0.692. The molecular weight excluding hydrogens is 372 g/mol. The lowest BCUT2D eigenvalue weighted by atomic mass is 9.45. The summed E-state index contributed by atoms with van der Waals surface area (Å²) in [6, 6.07) is 9.30. The molecule has 4 aliphatic rings. The summed E-state index contributed by atoms with van der Waals surface area (Å²) in [6.45, 7) is 4.92. The van der Waals surface area contributed by atoms with Gasteiger partial charge in [-0.1, -0.05) is 19.0 Å². The third-order valence-electron chi connectivity index (χ3n) is 9.71. The molecule has 0 aliphatic heterocycles. The van der Waals surface area contributed by atoms with Gasteiger partial charge in [0, 0.05) is 0 Å². The summed E-state index contributed by atoms with van der Waals surface area (Å²) < 4.78 is 0. The molecule has 1 aromatic carbocycles. The molecule has 0 aromatic heterocycles. The number of rotatable bonds is 2. The molecule has 0 saturated heterocycles. The summed E-state index contributed by atoms with van der Waals surface area (Å²) in [7, 11) is 0. The van der Waals surface area contributed by atoms with Crippen molar-refractivity contribution in [3.05, 3.63) is 29.8 Å². The van der Waals surface area contributed by atoms with Gasteiger partial charge in [0.2, 0.25) is 0 Å². The molecule has 30 heavy (non-hydrogen) atoms. The lowest BCUT2D eigenvalue weighted by Gasteiger charge is -2.60. The van der Waals surface area contributed by atoms with Gasteiger partial charge in [0.05, 0.1) is 23.4 Å². The third-order valence-corrected chi connectivity index (χ3v) is 9.71. The number of aliphatic hydroxyl groups excluding tert-OH is 1. The molecule has 4 aliphatic carbocycles. The summed E-state index contributed by atoms with van der Waals surface area (Å²) in [5, 5.41) is 24.1. The monoisotopic (exact) mass is 406 g/mol. The van der Waals surface area contributed by atoms with Crippen molar-refractivity contribution in [1.82, 2.24) is 0 Å². The molecule has 1 aromatic rings. The maximum atomic E-state index is 10.6.